The van der Waals surface area contributed by atoms with Gasteiger partial charge < -0.3 is 5.32 Å². The number of anilines is 1. The molecule has 0 spiro atoms. The molecule has 1 amide bonds. The van der Waals surface area contributed by atoms with Crippen molar-refractivity contribution in [1.82, 2.24) is 10.2 Å². The highest BCUT2D eigenvalue weighted by molar-refractivity contribution is 7.15. The zero-order chi connectivity index (χ0) is 16.1. The molecular formula is C18H19N3OS. The number of hydrogen-bond donors (Lipinski definition) is 1. The third-order valence-electron chi connectivity index (χ3n) is 3.69. The molecule has 1 heterocycles. The Bertz CT molecular complexity index is 807. The highest BCUT2D eigenvalue weighted by Gasteiger charge is 2.10. The summed E-state index contributed by atoms with van der Waals surface area (Å²) in [6.07, 6.45) is 3.49. The van der Waals surface area contributed by atoms with Crippen LogP contribution in [0.15, 0.2) is 42.5 Å². The molecule has 3 rings (SSSR count). The van der Waals surface area contributed by atoms with Crippen molar-refractivity contribution >= 4 is 33.1 Å². The Morgan fingerprint density at radius 1 is 1.13 bits per heavy atom. The van der Waals surface area contributed by atoms with Gasteiger partial charge in [-0.3, -0.25) is 4.79 Å². The van der Waals surface area contributed by atoms with Crippen molar-refractivity contribution in [2.24, 2.45) is 0 Å². The van der Waals surface area contributed by atoms with Gasteiger partial charge in [-0.05, 0) is 22.8 Å². The van der Waals surface area contributed by atoms with E-state index < -0.39 is 0 Å². The summed E-state index contributed by atoms with van der Waals surface area (Å²) < 4.78 is 0. The fraction of sp³-hybridized carbons (Fsp3) is 0.278. The van der Waals surface area contributed by atoms with Crippen molar-refractivity contribution in [3.8, 4) is 0 Å². The topological polar surface area (TPSA) is 54.9 Å². The molecule has 0 saturated carbocycles. The summed E-state index contributed by atoms with van der Waals surface area (Å²) in [5, 5.41) is 14.9. The summed E-state index contributed by atoms with van der Waals surface area (Å²) in [6, 6.07) is 14.1. The number of nitrogens with zero attached hydrogens (tertiary/aromatic N) is 2. The number of amides is 1. The summed E-state index contributed by atoms with van der Waals surface area (Å²) in [5.41, 5.74) is 1.02. The second-order valence-electron chi connectivity index (χ2n) is 5.47. The molecule has 1 N–H and O–H groups in total. The van der Waals surface area contributed by atoms with Crippen molar-refractivity contribution in [3.05, 3.63) is 53.0 Å². The first-order valence-electron chi connectivity index (χ1n) is 7.85. The SMILES string of the molecule is CCCCc1nnc(NC(=O)Cc2cccc3ccccc23)s1. The largest absolute Gasteiger partial charge is 0.300 e. The van der Waals surface area contributed by atoms with Crippen molar-refractivity contribution in [1.29, 1.82) is 0 Å². The van der Waals surface area contributed by atoms with E-state index in [0.717, 1.165) is 40.6 Å². The smallest absolute Gasteiger partial charge is 0.230 e. The third kappa shape index (κ3) is 3.93. The van der Waals surface area contributed by atoms with Crippen molar-refractivity contribution in [2.45, 2.75) is 32.6 Å². The Morgan fingerprint density at radius 2 is 1.96 bits per heavy atom. The van der Waals surface area contributed by atoms with Gasteiger partial charge in [0.1, 0.15) is 5.01 Å². The fourth-order valence-electron chi connectivity index (χ4n) is 2.52. The van der Waals surface area contributed by atoms with E-state index in [9.17, 15) is 4.79 Å². The number of carbonyl (C=O) groups is 1. The Kier molecular flexibility index (Phi) is 4.98. The summed E-state index contributed by atoms with van der Waals surface area (Å²) in [4.78, 5) is 12.3. The number of nitrogens with one attached hydrogen (secondary N) is 1. The standard InChI is InChI=1S/C18H19N3OS/c1-2-3-11-17-20-21-18(23-17)19-16(22)12-14-9-6-8-13-7-4-5-10-15(13)14/h4-10H,2-3,11-12H2,1H3,(H,19,21,22). The van der Waals surface area contributed by atoms with Gasteiger partial charge in [0.05, 0.1) is 6.42 Å². The second kappa shape index (κ2) is 7.33. The zero-order valence-electron chi connectivity index (χ0n) is 13.1. The molecule has 1 aromatic heterocycles. The van der Waals surface area contributed by atoms with Gasteiger partial charge in [0.25, 0.3) is 0 Å². The lowest BCUT2D eigenvalue weighted by Gasteiger charge is -2.06. The predicted octanol–water partition coefficient (Wildman–Crippen LogP) is 4.22. The number of benzene rings is 2. The first-order chi connectivity index (χ1) is 11.3. The number of rotatable bonds is 6. The number of fused-ring (bicyclic) bond motifs is 1. The van der Waals surface area contributed by atoms with E-state index >= 15 is 0 Å². The van der Waals surface area contributed by atoms with Crippen LogP contribution in [0.2, 0.25) is 0 Å². The molecule has 3 aromatic rings. The van der Waals surface area contributed by atoms with Crippen molar-refractivity contribution in [2.75, 3.05) is 5.32 Å². The number of hydrogen-bond acceptors (Lipinski definition) is 4. The zero-order valence-corrected chi connectivity index (χ0v) is 13.9. The van der Waals surface area contributed by atoms with Gasteiger partial charge in [-0.1, -0.05) is 67.1 Å². The molecule has 2 aromatic carbocycles. The molecule has 4 nitrogen and oxygen atoms in total. The molecule has 0 unspecified atom stereocenters. The van der Waals surface area contributed by atoms with Crippen LogP contribution in [0.25, 0.3) is 10.8 Å². The molecule has 0 saturated heterocycles. The Balaban J connectivity index is 1.68. The van der Waals surface area contributed by atoms with Gasteiger partial charge in [-0.2, -0.15) is 0 Å². The van der Waals surface area contributed by atoms with Crippen LogP contribution in [-0.2, 0) is 17.6 Å². The van der Waals surface area contributed by atoms with E-state index in [1.165, 1.54) is 11.3 Å². The number of aromatic nitrogens is 2. The van der Waals surface area contributed by atoms with E-state index in [4.69, 9.17) is 0 Å². The van der Waals surface area contributed by atoms with Crippen molar-refractivity contribution in [3.63, 3.8) is 0 Å². The molecule has 0 aliphatic heterocycles. The minimum atomic E-state index is -0.0560. The Hall–Kier alpha value is -2.27. The Morgan fingerprint density at radius 3 is 2.83 bits per heavy atom. The van der Waals surface area contributed by atoms with Crippen LogP contribution >= 0.6 is 11.3 Å². The normalized spacial score (nSPS) is 10.8. The minimum absolute atomic E-state index is 0.0560. The molecule has 0 atom stereocenters. The monoisotopic (exact) mass is 325 g/mol. The average molecular weight is 325 g/mol. The van der Waals surface area contributed by atoms with E-state index in [2.05, 4.69) is 34.6 Å². The van der Waals surface area contributed by atoms with E-state index in [1.54, 1.807) is 0 Å². The molecular weight excluding hydrogens is 306 g/mol. The quantitative estimate of drug-likeness (QED) is 0.738. The summed E-state index contributed by atoms with van der Waals surface area (Å²) >= 11 is 1.46. The van der Waals surface area contributed by atoms with Crippen LogP contribution in [0.3, 0.4) is 0 Å². The van der Waals surface area contributed by atoms with Gasteiger partial charge in [0, 0.05) is 6.42 Å². The van der Waals surface area contributed by atoms with Crippen LogP contribution in [-0.4, -0.2) is 16.1 Å². The molecule has 0 aliphatic carbocycles. The summed E-state index contributed by atoms with van der Waals surface area (Å²) in [6.45, 7) is 2.15. The number of aryl methyl sites for hydroxylation is 1. The van der Waals surface area contributed by atoms with Crippen LogP contribution in [0.5, 0.6) is 0 Å². The van der Waals surface area contributed by atoms with Crippen LogP contribution in [0.1, 0.15) is 30.3 Å². The highest BCUT2D eigenvalue weighted by atomic mass is 32.1. The van der Waals surface area contributed by atoms with Gasteiger partial charge in [-0.15, -0.1) is 10.2 Å². The molecule has 0 aliphatic rings. The molecule has 0 fully saturated rings. The van der Waals surface area contributed by atoms with Gasteiger partial charge >= 0.3 is 0 Å². The maximum absolute atomic E-state index is 12.3. The minimum Gasteiger partial charge on any atom is -0.300 e. The Labute approximate surface area is 139 Å². The van der Waals surface area contributed by atoms with E-state index in [0.29, 0.717) is 11.6 Å². The van der Waals surface area contributed by atoms with Gasteiger partial charge in [0.15, 0.2) is 0 Å². The molecule has 5 heteroatoms. The molecule has 118 valence electrons. The van der Waals surface area contributed by atoms with E-state index in [-0.39, 0.29) is 5.91 Å². The van der Waals surface area contributed by atoms with Gasteiger partial charge in [-0.25, -0.2) is 0 Å². The van der Waals surface area contributed by atoms with Crippen LogP contribution in [0, 0.1) is 0 Å². The molecule has 0 bridgehead atoms. The van der Waals surface area contributed by atoms with E-state index in [1.807, 2.05) is 30.3 Å². The molecule has 0 radical (unpaired) electrons. The first-order valence-corrected chi connectivity index (χ1v) is 8.67. The average Bonchev–Trinajstić information content (AvgIpc) is 3.00. The first kappa shape index (κ1) is 15.6. The predicted molar refractivity (Wildman–Crippen MR) is 94.8 cm³/mol. The van der Waals surface area contributed by atoms with Crippen molar-refractivity contribution < 1.29 is 4.79 Å². The van der Waals surface area contributed by atoms with Crippen LogP contribution < -0.4 is 5.32 Å². The fourth-order valence-corrected chi connectivity index (χ4v) is 3.31. The highest BCUT2D eigenvalue weighted by Crippen LogP contribution is 2.20. The van der Waals surface area contributed by atoms with Crippen LogP contribution in [0.4, 0.5) is 5.13 Å². The summed E-state index contributed by atoms with van der Waals surface area (Å²) in [5.74, 6) is -0.0560. The second-order valence-corrected chi connectivity index (χ2v) is 6.53. The lowest BCUT2D eigenvalue weighted by Crippen LogP contribution is -2.14. The maximum Gasteiger partial charge on any atom is 0.230 e. The third-order valence-corrected chi connectivity index (χ3v) is 4.59. The number of carbonyl (C=O) groups excluding carboxylic acids is 1. The maximum atomic E-state index is 12.3. The van der Waals surface area contributed by atoms with Gasteiger partial charge in [0.2, 0.25) is 11.0 Å². The lowest BCUT2D eigenvalue weighted by molar-refractivity contribution is -0.115. The summed E-state index contributed by atoms with van der Waals surface area (Å²) in [7, 11) is 0. The molecule has 23 heavy (non-hydrogen) atoms. The number of unbranched alkanes of at least 4 members (excludes halogenated alkanes) is 1. The lowest BCUT2D eigenvalue weighted by atomic mass is 10.0.